The van der Waals surface area contributed by atoms with Crippen LogP contribution in [0.3, 0.4) is 0 Å². The zero-order valence-electron chi connectivity index (χ0n) is 17.6. The Kier molecular flexibility index (Phi) is 3.11. The first kappa shape index (κ1) is 17.0. The number of imidazole rings is 1. The van der Waals surface area contributed by atoms with Crippen LogP contribution in [0.25, 0.3) is 66.1 Å². The average molecular weight is 423 g/mol. The van der Waals surface area contributed by atoms with Crippen LogP contribution >= 0.6 is 0 Å². The molecule has 33 heavy (non-hydrogen) atoms. The number of pyridine rings is 1. The smallest absolute Gasteiger partial charge is 0.137 e. The fourth-order valence-corrected chi connectivity index (χ4v) is 5.37. The summed E-state index contributed by atoms with van der Waals surface area (Å²) in [7, 11) is 0. The summed E-state index contributed by atoms with van der Waals surface area (Å²) in [6.07, 6.45) is 2.08. The quantitative estimate of drug-likeness (QED) is 0.274. The Balaban J connectivity index is 1.66. The van der Waals surface area contributed by atoms with E-state index in [4.69, 9.17) is 9.40 Å². The van der Waals surface area contributed by atoms with E-state index in [9.17, 15) is 0 Å². The third-order valence-electron chi connectivity index (χ3n) is 6.73. The minimum absolute atomic E-state index is 0.891. The summed E-state index contributed by atoms with van der Waals surface area (Å²) < 4.78 is 10.7. The molecule has 0 atom stereocenters. The fraction of sp³-hybridized carbons (Fsp3) is 0. The minimum atomic E-state index is 0.891. The van der Waals surface area contributed by atoms with E-state index < -0.39 is 0 Å². The maximum atomic E-state index is 6.22. The van der Waals surface area contributed by atoms with Crippen LogP contribution in [0, 0.1) is 0 Å². The van der Waals surface area contributed by atoms with E-state index >= 15 is 0 Å². The molecular weight excluding hydrogens is 406 g/mol. The topological polar surface area (TPSA) is 35.4 Å². The van der Waals surface area contributed by atoms with Crippen LogP contribution in [0.2, 0.25) is 0 Å². The molecule has 0 N–H and O–H groups in total. The van der Waals surface area contributed by atoms with Crippen molar-refractivity contribution in [3.63, 3.8) is 0 Å². The van der Waals surface area contributed by atoms with Gasteiger partial charge in [0.05, 0.1) is 27.6 Å². The van der Waals surface area contributed by atoms with E-state index in [1.54, 1.807) is 0 Å². The van der Waals surface area contributed by atoms with Gasteiger partial charge in [0, 0.05) is 22.4 Å². The number of benzene rings is 4. The van der Waals surface area contributed by atoms with Gasteiger partial charge in [-0.1, -0.05) is 48.5 Å². The highest BCUT2D eigenvalue weighted by atomic mass is 16.3. The van der Waals surface area contributed by atoms with Crippen molar-refractivity contribution in [2.75, 3.05) is 0 Å². The van der Waals surface area contributed by atoms with E-state index in [1.165, 1.54) is 10.8 Å². The molecule has 4 aromatic heterocycles. The van der Waals surface area contributed by atoms with Gasteiger partial charge in [-0.3, -0.25) is 4.40 Å². The number of para-hydroxylation sites is 2. The zero-order chi connectivity index (χ0) is 21.5. The molecular formula is C29H17N3O. The summed E-state index contributed by atoms with van der Waals surface area (Å²) >= 11 is 0. The van der Waals surface area contributed by atoms with E-state index in [2.05, 4.69) is 81.9 Å². The molecule has 0 bridgehead atoms. The number of furan rings is 1. The Morgan fingerprint density at radius 3 is 2.39 bits per heavy atom. The molecule has 4 nitrogen and oxygen atoms in total. The zero-order valence-corrected chi connectivity index (χ0v) is 17.6. The first-order valence-electron chi connectivity index (χ1n) is 11.1. The Bertz CT molecular complexity index is 2040. The monoisotopic (exact) mass is 423 g/mol. The minimum Gasteiger partial charge on any atom is -0.456 e. The molecule has 0 fully saturated rings. The molecule has 0 saturated carbocycles. The second-order valence-electron chi connectivity index (χ2n) is 8.47. The maximum absolute atomic E-state index is 6.22. The van der Waals surface area contributed by atoms with Crippen LogP contribution in [0.15, 0.2) is 108 Å². The Morgan fingerprint density at radius 2 is 1.42 bits per heavy atom. The Hall–Kier alpha value is -4.57. The first-order chi connectivity index (χ1) is 16.4. The van der Waals surface area contributed by atoms with E-state index in [-0.39, 0.29) is 0 Å². The molecule has 0 radical (unpaired) electrons. The number of hydrogen-bond acceptors (Lipinski definition) is 2. The molecule has 154 valence electrons. The van der Waals surface area contributed by atoms with E-state index in [1.807, 2.05) is 30.3 Å². The highest BCUT2D eigenvalue weighted by molar-refractivity contribution is 6.19. The van der Waals surface area contributed by atoms with Gasteiger partial charge in [0.25, 0.3) is 0 Å². The molecule has 0 aliphatic rings. The normalized spacial score (nSPS) is 12.2. The lowest BCUT2D eigenvalue weighted by Gasteiger charge is -2.10. The number of nitrogens with zero attached hydrogens (tertiary/aromatic N) is 3. The molecule has 8 aromatic rings. The summed E-state index contributed by atoms with van der Waals surface area (Å²) in [5, 5.41) is 4.66. The van der Waals surface area contributed by atoms with Crippen LogP contribution in [0.4, 0.5) is 0 Å². The van der Waals surface area contributed by atoms with Crippen molar-refractivity contribution < 1.29 is 4.42 Å². The van der Waals surface area contributed by atoms with E-state index in [0.717, 1.165) is 55.3 Å². The van der Waals surface area contributed by atoms with Gasteiger partial charge in [-0.25, -0.2) is 4.98 Å². The number of fused-ring (bicyclic) bond motifs is 10. The number of hydrogen-bond donors (Lipinski definition) is 0. The van der Waals surface area contributed by atoms with E-state index in [0.29, 0.717) is 0 Å². The number of aromatic nitrogens is 3. The second-order valence-corrected chi connectivity index (χ2v) is 8.47. The predicted octanol–water partition coefficient (Wildman–Crippen LogP) is 7.48. The lowest BCUT2D eigenvalue weighted by Crippen LogP contribution is -1.95. The van der Waals surface area contributed by atoms with Crippen molar-refractivity contribution in [3.8, 4) is 5.69 Å². The van der Waals surface area contributed by atoms with Crippen molar-refractivity contribution in [2.45, 2.75) is 0 Å². The maximum Gasteiger partial charge on any atom is 0.137 e. The third kappa shape index (κ3) is 2.12. The summed E-state index contributed by atoms with van der Waals surface area (Å²) in [6.45, 7) is 0. The van der Waals surface area contributed by atoms with Gasteiger partial charge in [-0.15, -0.1) is 0 Å². The van der Waals surface area contributed by atoms with Crippen molar-refractivity contribution in [2.24, 2.45) is 0 Å². The van der Waals surface area contributed by atoms with Crippen molar-refractivity contribution in [1.29, 1.82) is 0 Å². The molecule has 0 spiro atoms. The van der Waals surface area contributed by atoms with Gasteiger partial charge in [0.15, 0.2) is 0 Å². The fourth-order valence-electron chi connectivity index (χ4n) is 5.37. The Morgan fingerprint density at radius 1 is 0.606 bits per heavy atom. The third-order valence-corrected chi connectivity index (χ3v) is 6.73. The molecule has 0 unspecified atom stereocenters. The summed E-state index contributed by atoms with van der Waals surface area (Å²) in [5.41, 5.74) is 8.23. The first-order valence-corrected chi connectivity index (χ1v) is 11.1. The second kappa shape index (κ2) is 6.02. The van der Waals surface area contributed by atoms with Crippen molar-refractivity contribution in [1.82, 2.24) is 14.0 Å². The SMILES string of the molecule is c1ccc2c(c1)oc1cccc(-n3c4ccccc4c4ccc5c(nc6ccccn65)c43)c12. The predicted molar refractivity (Wildman–Crippen MR) is 134 cm³/mol. The number of rotatable bonds is 1. The summed E-state index contributed by atoms with van der Waals surface area (Å²) in [4.78, 5) is 5.07. The van der Waals surface area contributed by atoms with Gasteiger partial charge < -0.3 is 8.98 Å². The van der Waals surface area contributed by atoms with Gasteiger partial charge in [0.1, 0.15) is 22.3 Å². The molecule has 0 amide bonds. The van der Waals surface area contributed by atoms with Gasteiger partial charge >= 0.3 is 0 Å². The van der Waals surface area contributed by atoms with Gasteiger partial charge in [-0.05, 0) is 48.5 Å². The molecule has 0 saturated heterocycles. The van der Waals surface area contributed by atoms with Crippen LogP contribution in [0.1, 0.15) is 0 Å². The average Bonchev–Trinajstić information content (AvgIpc) is 3.53. The molecule has 0 aliphatic heterocycles. The highest BCUT2D eigenvalue weighted by Gasteiger charge is 2.20. The highest BCUT2D eigenvalue weighted by Crippen LogP contribution is 2.40. The molecule has 4 heteroatoms. The molecule has 4 heterocycles. The van der Waals surface area contributed by atoms with Gasteiger partial charge in [0.2, 0.25) is 0 Å². The van der Waals surface area contributed by atoms with Crippen molar-refractivity contribution in [3.05, 3.63) is 103 Å². The molecule has 4 aromatic carbocycles. The van der Waals surface area contributed by atoms with Gasteiger partial charge in [-0.2, -0.15) is 0 Å². The summed E-state index contributed by atoms with van der Waals surface area (Å²) in [6, 6.07) is 33.7. The van der Waals surface area contributed by atoms with Crippen molar-refractivity contribution >= 4 is 60.4 Å². The standard InChI is InChI=1S/C29H17N3O/c1-3-10-21-18(8-1)19-15-16-23-28(30-26-14-5-6-17-31(23)26)29(19)32(21)22-11-7-13-25-27(22)20-9-2-4-12-24(20)33-25/h1-17H. The van der Waals surface area contributed by atoms with Crippen LogP contribution in [0.5, 0.6) is 0 Å². The summed E-state index contributed by atoms with van der Waals surface area (Å²) in [5.74, 6) is 0. The largest absolute Gasteiger partial charge is 0.456 e. The van der Waals surface area contributed by atoms with Crippen LogP contribution in [-0.2, 0) is 0 Å². The lowest BCUT2D eigenvalue weighted by atomic mass is 10.1. The van der Waals surface area contributed by atoms with Crippen LogP contribution in [-0.4, -0.2) is 14.0 Å². The van der Waals surface area contributed by atoms with Crippen LogP contribution < -0.4 is 0 Å². The molecule has 8 rings (SSSR count). The molecule has 0 aliphatic carbocycles. The Labute approximate surface area is 187 Å². The lowest BCUT2D eigenvalue weighted by molar-refractivity contribution is 0.669.